The quantitative estimate of drug-likeness (QED) is 0.704. The minimum absolute atomic E-state index is 0.0956. The van der Waals surface area contributed by atoms with E-state index in [1.54, 1.807) is 0 Å². The molecule has 1 aromatic rings. The van der Waals surface area contributed by atoms with Crippen molar-refractivity contribution in [3.63, 3.8) is 0 Å². The smallest absolute Gasteiger partial charge is 0.211 e. The number of hydrogen-bond donors (Lipinski definition) is 2. The van der Waals surface area contributed by atoms with Gasteiger partial charge in [-0.2, -0.15) is 0 Å². The van der Waals surface area contributed by atoms with Gasteiger partial charge in [0.15, 0.2) is 0 Å². The Morgan fingerprint density at radius 1 is 1.24 bits per heavy atom. The maximum atomic E-state index is 11.9. The SMILES string of the molecule is O=S(=O)(CCCNC1CC1)NCC1Cc2ccccc2O1. The van der Waals surface area contributed by atoms with E-state index in [1.807, 2.05) is 24.3 Å². The minimum atomic E-state index is -3.20. The van der Waals surface area contributed by atoms with Gasteiger partial charge >= 0.3 is 0 Å². The number of nitrogens with one attached hydrogen (secondary N) is 2. The van der Waals surface area contributed by atoms with Crippen LogP contribution in [-0.2, 0) is 16.4 Å². The summed E-state index contributed by atoms with van der Waals surface area (Å²) in [5.74, 6) is 1.04. The molecule has 1 unspecified atom stereocenters. The predicted molar refractivity (Wildman–Crippen MR) is 82.0 cm³/mol. The van der Waals surface area contributed by atoms with E-state index in [1.165, 1.54) is 12.8 Å². The van der Waals surface area contributed by atoms with Crippen molar-refractivity contribution in [3.05, 3.63) is 29.8 Å². The van der Waals surface area contributed by atoms with E-state index in [9.17, 15) is 8.42 Å². The molecule has 0 spiro atoms. The molecule has 0 radical (unpaired) electrons. The highest BCUT2D eigenvalue weighted by Gasteiger charge is 2.24. The van der Waals surface area contributed by atoms with Crippen LogP contribution in [0.2, 0.25) is 0 Å². The highest BCUT2D eigenvalue weighted by atomic mass is 32.2. The van der Waals surface area contributed by atoms with Crippen molar-refractivity contribution in [2.75, 3.05) is 18.8 Å². The molecule has 0 aromatic heterocycles. The summed E-state index contributed by atoms with van der Waals surface area (Å²) in [5.41, 5.74) is 1.15. The number of sulfonamides is 1. The highest BCUT2D eigenvalue weighted by molar-refractivity contribution is 7.89. The van der Waals surface area contributed by atoms with Gasteiger partial charge in [-0.3, -0.25) is 0 Å². The Hall–Kier alpha value is -1.11. The Bertz CT molecular complexity index is 559. The zero-order valence-corrected chi connectivity index (χ0v) is 12.9. The molecular formula is C15H22N2O3S. The molecule has 21 heavy (non-hydrogen) atoms. The van der Waals surface area contributed by atoms with Crippen molar-refractivity contribution in [3.8, 4) is 5.75 Å². The molecule has 1 aliphatic carbocycles. The van der Waals surface area contributed by atoms with Crippen molar-refractivity contribution < 1.29 is 13.2 Å². The van der Waals surface area contributed by atoms with Crippen LogP contribution in [0, 0.1) is 0 Å². The maximum Gasteiger partial charge on any atom is 0.211 e. The Morgan fingerprint density at radius 2 is 2.05 bits per heavy atom. The molecule has 116 valence electrons. The first-order valence-corrected chi connectivity index (χ1v) is 9.23. The van der Waals surface area contributed by atoms with Crippen LogP contribution in [0.25, 0.3) is 0 Å². The molecule has 3 rings (SSSR count). The molecule has 1 aromatic carbocycles. The lowest BCUT2D eigenvalue weighted by atomic mass is 10.1. The summed E-state index contributed by atoms with van der Waals surface area (Å²) in [7, 11) is -3.20. The minimum Gasteiger partial charge on any atom is -0.488 e. The first-order valence-electron chi connectivity index (χ1n) is 7.58. The summed E-state index contributed by atoms with van der Waals surface area (Å²) in [5, 5.41) is 3.32. The van der Waals surface area contributed by atoms with Gasteiger partial charge in [-0.25, -0.2) is 13.1 Å². The number of benzene rings is 1. The van der Waals surface area contributed by atoms with Crippen LogP contribution in [0.3, 0.4) is 0 Å². The molecule has 0 amide bonds. The van der Waals surface area contributed by atoms with Gasteiger partial charge in [0.05, 0.1) is 5.75 Å². The molecule has 2 aliphatic rings. The second-order valence-electron chi connectivity index (χ2n) is 5.80. The average molecular weight is 310 g/mol. The second kappa shape index (κ2) is 6.34. The Labute approximate surface area is 126 Å². The first kappa shape index (κ1) is 14.8. The largest absolute Gasteiger partial charge is 0.488 e. The zero-order chi connectivity index (χ0) is 14.7. The Kier molecular flexibility index (Phi) is 4.47. The zero-order valence-electron chi connectivity index (χ0n) is 12.0. The average Bonchev–Trinajstić information content (AvgIpc) is 3.19. The van der Waals surface area contributed by atoms with E-state index in [0.717, 1.165) is 24.3 Å². The monoisotopic (exact) mass is 310 g/mol. The van der Waals surface area contributed by atoms with Crippen molar-refractivity contribution >= 4 is 10.0 Å². The summed E-state index contributed by atoms with van der Waals surface area (Å²) in [6, 6.07) is 8.48. The van der Waals surface area contributed by atoms with Crippen molar-refractivity contribution in [2.24, 2.45) is 0 Å². The Balaban J connectivity index is 1.38. The maximum absolute atomic E-state index is 11.9. The van der Waals surface area contributed by atoms with Crippen molar-refractivity contribution in [1.82, 2.24) is 10.0 Å². The number of rotatable bonds is 8. The van der Waals surface area contributed by atoms with Gasteiger partial charge in [-0.05, 0) is 37.4 Å². The van der Waals surface area contributed by atoms with E-state index in [-0.39, 0.29) is 11.9 Å². The van der Waals surface area contributed by atoms with E-state index in [4.69, 9.17) is 4.74 Å². The molecule has 1 atom stereocenters. The third-order valence-electron chi connectivity index (χ3n) is 3.84. The number of hydrogen-bond acceptors (Lipinski definition) is 4. The van der Waals surface area contributed by atoms with E-state index >= 15 is 0 Å². The van der Waals surface area contributed by atoms with Crippen LogP contribution in [0.1, 0.15) is 24.8 Å². The van der Waals surface area contributed by atoms with E-state index in [0.29, 0.717) is 19.0 Å². The molecule has 2 N–H and O–H groups in total. The van der Waals surface area contributed by atoms with Gasteiger partial charge in [0.2, 0.25) is 10.0 Å². The number of para-hydroxylation sites is 1. The molecule has 6 heteroatoms. The summed E-state index contributed by atoms with van der Waals surface area (Å²) in [4.78, 5) is 0. The molecule has 1 heterocycles. The predicted octanol–water partition coefficient (Wildman–Crippen LogP) is 1.05. The summed E-state index contributed by atoms with van der Waals surface area (Å²) in [6.45, 7) is 1.12. The fourth-order valence-corrected chi connectivity index (χ4v) is 3.62. The number of fused-ring (bicyclic) bond motifs is 1. The lowest BCUT2D eigenvalue weighted by Crippen LogP contribution is -2.36. The van der Waals surface area contributed by atoms with Gasteiger partial charge in [-0.15, -0.1) is 0 Å². The molecule has 0 bridgehead atoms. The molecule has 1 saturated carbocycles. The topological polar surface area (TPSA) is 67.4 Å². The van der Waals surface area contributed by atoms with E-state index in [2.05, 4.69) is 10.0 Å². The van der Waals surface area contributed by atoms with Crippen LogP contribution in [0.15, 0.2) is 24.3 Å². The number of ether oxygens (including phenoxy) is 1. The van der Waals surface area contributed by atoms with Crippen LogP contribution >= 0.6 is 0 Å². The van der Waals surface area contributed by atoms with Gasteiger partial charge in [0.1, 0.15) is 11.9 Å². The Morgan fingerprint density at radius 3 is 2.81 bits per heavy atom. The summed E-state index contributed by atoms with van der Waals surface area (Å²) >= 11 is 0. The lowest BCUT2D eigenvalue weighted by Gasteiger charge is -2.12. The normalized spacial score (nSPS) is 21.0. The lowest BCUT2D eigenvalue weighted by molar-refractivity contribution is 0.236. The van der Waals surface area contributed by atoms with Gasteiger partial charge in [-0.1, -0.05) is 18.2 Å². The molecule has 0 saturated heterocycles. The molecule has 1 fully saturated rings. The third kappa shape index (κ3) is 4.43. The summed E-state index contributed by atoms with van der Waals surface area (Å²) in [6.07, 6.45) is 3.77. The van der Waals surface area contributed by atoms with Crippen LogP contribution in [0.4, 0.5) is 0 Å². The van der Waals surface area contributed by atoms with Crippen LogP contribution in [0.5, 0.6) is 5.75 Å². The van der Waals surface area contributed by atoms with Gasteiger partial charge in [0, 0.05) is 19.0 Å². The first-order chi connectivity index (χ1) is 10.1. The van der Waals surface area contributed by atoms with Crippen molar-refractivity contribution in [2.45, 2.75) is 37.8 Å². The molecule has 1 aliphatic heterocycles. The fraction of sp³-hybridized carbons (Fsp3) is 0.600. The molecular weight excluding hydrogens is 288 g/mol. The third-order valence-corrected chi connectivity index (χ3v) is 5.28. The van der Waals surface area contributed by atoms with Crippen molar-refractivity contribution in [1.29, 1.82) is 0 Å². The highest BCUT2D eigenvalue weighted by Crippen LogP contribution is 2.27. The van der Waals surface area contributed by atoms with Gasteiger partial charge in [0.25, 0.3) is 0 Å². The second-order valence-corrected chi connectivity index (χ2v) is 7.73. The van der Waals surface area contributed by atoms with Gasteiger partial charge < -0.3 is 10.1 Å². The van der Waals surface area contributed by atoms with E-state index < -0.39 is 10.0 Å². The van der Waals surface area contributed by atoms with Crippen LogP contribution < -0.4 is 14.8 Å². The van der Waals surface area contributed by atoms with Crippen LogP contribution in [-0.4, -0.2) is 39.4 Å². The summed E-state index contributed by atoms with van der Waals surface area (Å²) < 4.78 is 32.2. The standard InChI is InChI=1S/C15H22N2O3S/c18-21(19,9-3-8-16-13-6-7-13)17-11-14-10-12-4-1-2-5-15(12)20-14/h1-2,4-5,13-14,16-17H,3,6-11H2. The molecule has 5 nitrogen and oxygen atoms in total. The fourth-order valence-electron chi connectivity index (χ4n) is 2.52.